The number of fused-ring (bicyclic) bond motifs is 3. The third kappa shape index (κ3) is 3.53. The number of hydrogen-bond acceptors (Lipinski definition) is 4. The number of nitrogens with zero attached hydrogens (tertiary/aromatic N) is 2. The summed E-state index contributed by atoms with van der Waals surface area (Å²) in [4.78, 5) is 18.3. The molecule has 1 aliphatic rings. The van der Waals surface area contributed by atoms with Crippen LogP contribution < -0.4 is 5.32 Å². The number of aromatic amines is 1. The van der Waals surface area contributed by atoms with Gasteiger partial charge in [-0.1, -0.05) is 42.1 Å². The maximum atomic E-state index is 12.3. The summed E-state index contributed by atoms with van der Waals surface area (Å²) >= 11 is 0. The SMILES string of the molecule is C=C(CN1CCc2c([nH]c3ccccc23)C1)c1ccc(C(=O)Nc2ccon2)cc1. The van der Waals surface area contributed by atoms with Crippen LogP contribution in [-0.2, 0) is 13.0 Å². The largest absolute Gasteiger partial charge is 0.363 e. The van der Waals surface area contributed by atoms with Crippen molar-refractivity contribution < 1.29 is 9.32 Å². The predicted molar refractivity (Wildman–Crippen MR) is 117 cm³/mol. The first-order valence-electron chi connectivity index (χ1n) is 9.98. The summed E-state index contributed by atoms with van der Waals surface area (Å²) < 4.78 is 4.73. The minimum atomic E-state index is -0.219. The molecule has 5 rings (SSSR count). The molecular formula is C24H22N4O2. The Bertz CT molecular complexity index is 1210. The van der Waals surface area contributed by atoms with E-state index >= 15 is 0 Å². The topological polar surface area (TPSA) is 74.2 Å². The van der Waals surface area contributed by atoms with Gasteiger partial charge in [0.2, 0.25) is 0 Å². The Morgan fingerprint density at radius 1 is 1.13 bits per heavy atom. The summed E-state index contributed by atoms with van der Waals surface area (Å²) in [5.74, 6) is 0.179. The van der Waals surface area contributed by atoms with E-state index in [0.29, 0.717) is 11.4 Å². The van der Waals surface area contributed by atoms with E-state index in [0.717, 1.165) is 37.2 Å². The molecule has 0 saturated heterocycles. The van der Waals surface area contributed by atoms with Gasteiger partial charge in [-0.05, 0) is 41.3 Å². The highest BCUT2D eigenvalue weighted by atomic mass is 16.5. The van der Waals surface area contributed by atoms with E-state index in [2.05, 4.69) is 51.2 Å². The second kappa shape index (κ2) is 7.65. The number of hydrogen-bond donors (Lipinski definition) is 2. The highest BCUT2D eigenvalue weighted by Crippen LogP contribution is 2.28. The number of aromatic nitrogens is 2. The number of benzene rings is 2. The van der Waals surface area contributed by atoms with Crippen LogP contribution in [-0.4, -0.2) is 34.0 Å². The molecule has 0 spiro atoms. The smallest absolute Gasteiger partial charge is 0.256 e. The molecule has 0 aliphatic carbocycles. The number of amides is 1. The van der Waals surface area contributed by atoms with Crippen LogP contribution >= 0.6 is 0 Å². The van der Waals surface area contributed by atoms with Crippen molar-refractivity contribution in [3.8, 4) is 0 Å². The Morgan fingerprint density at radius 3 is 2.73 bits per heavy atom. The summed E-state index contributed by atoms with van der Waals surface area (Å²) in [6.07, 6.45) is 2.45. The van der Waals surface area contributed by atoms with Crippen molar-refractivity contribution in [2.45, 2.75) is 13.0 Å². The quantitative estimate of drug-likeness (QED) is 0.520. The number of carbonyl (C=O) groups excluding carboxylic acids is 1. The van der Waals surface area contributed by atoms with Gasteiger partial charge in [-0.3, -0.25) is 9.69 Å². The standard InChI is InChI=1S/C24H22N4O2/c1-16(17-6-8-18(9-7-17)24(29)26-23-11-13-30-27-23)14-28-12-10-20-19-4-2-3-5-21(19)25-22(20)15-28/h2-9,11,13,25H,1,10,12,14-15H2,(H,26,27,29). The molecular weight excluding hydrogens is 376 g/mol. The molecule has 0 radical (unpaired) electrons. The van der Waals surface area contributed by atoms with E-state index in [-0.39, 0.29) is 5.91 Å². The molecule has 0 atom stereocenters. The summed E-state index contributed by atoms with van der Waals surface area (Å²) in [5.41, 5.74) is 6.59. The zero-order chi connectivity index (χ0) is 20.5. The maximum Gasteiger partial charge on any atom is 0.256 e. The molecule has 0 saturated carbocycles. The number of H-pyrrole nitrogens is 1. The molecule has 1 aliphatic heterocycles. The highest BCUT2D eigenvalue weighted by Gasteiger charge is 2.21. The van der Waals surface area contributed by atoms with E-state index in [1.165, 1.54) is 28.4 Å². The Balaban J connectivity index is 1.24. The third-order valence-electron chi connectivity index (χ3n) is 5.61. The highest BCUT2D eigenvalue weighted by molar-refractivity contribution is 6.03. The fourth-order valence-corrected chi connectivity index (χ4v) is 4.07. The average Bonchev–Trinajstić information content (AvgIpc) is 3.40. The zero-order valence-corrected chi connectivity index (χ0v) is 16.5. The molecule has 30 heavy (non-hydrogen) atoms. The lowest BCUT2D eigenvalue weighted by molar-refractivity contribution is 0.102. The van der Waals surface area contributed by atoms with Crippen LogP contribution in [0.3, 0.4) is 0 Å². The number of carbonyl (C=O) groups is 1. The number of para-hydroxylation sites is 1. The molecule has 0 bridgehead atoms. The van der Waals surface area contributed by atoms with E-state index in [1.807, 2.05) is 24.3 Å². The molecule has 6 heteroatoms. The first kappa shape index (κ1) is 18.4. The van der Waals surface area contributed by atoms with E-state index in [4.69, 9.17) is 4.52 Å². The number of rotatable bonds is 5. The van der Waals surface area contributed by atoms with Gasteiger partial charge in [-0.15, -0.1) is 0 Å². The van der Waals surface area contributed by atoms with Crippen LogP contribution in [0.4, 0.5) is 5.82 Å². The molecule has 2 aromatic heterocycles. The molecule has 2 aromatic carbocycles. The first-order valence-corrected chi connectivity index (χ1v) is 9.98. The van der Waals surface area contributed by atoms with Gasteiger partial charge in [0.15, 0.2) is 5.82 Å². The van der Waals surface area contributed by atoms with Gasteiger partial charge >= 0.3 is 0 Å². The number of anilines is 1. The van der Waals surface area contributed by atoms with Crippen molar-refractivity contribution in [1.82, 2.24) is 15.0 Å². The lowest BCUT2D eigenvalue weighted by Crippen LogP contribution is -2.31. The van der Waals surface area contributed by atoms with Crippen molar-refractivity contribution in [2.75, 3.05) is 18.4 Å². The Kier molecular flexibility index (Phi) is 4.69. The van der Waals surface area contributed by atoms with Crippen molar-refractivity contribution in [1.29, 1.82) is 0 Å². The third-order valence-corrected chi connectivity index (χ3v) is 5.61. The molecule has 2 N–H and O–H groups in total. The van der Waals surface area contributed by atoms with Gasteiger partial charge in [-0.25, -0.2) is 0 Å². The van der Waals surface area contributed by atoms with Crippen LogP contribution in [0.2, 0.25) is 0 Å². The predicted octanol–water partition coefficient (Wildman–Crippen LogP) is 4.48. The molecule has 3 heterocycles. The molecule has 4 aromatic rings. The molecule has 6 nitrogen and oxygen atoms in total. The molecule has 1 amide bonds. The normalized spacial score (nSPS) is 13.9. The van der Waals surface area contributed by atoms with Gasteiger partial charge in [0.1, 0.15) is 6.26 Å². The van der Waals surface area contributed by atoms with Gasteiger partial charge in [0.25, 0.3) is 5.91 Å². The monoisotopic (exact) mass is 398 g/mol. The van der Waals surface area contributed by atoms with E-state index < -0.39 is 0 Å². The Labute approximate surface area is 174 Å². The second-order valence-electron chi connectivity index (χ2n) is 7.61. The second-order valence-corrected chi connectivity index (χ2v) is 7.61. The van der Waals surface area contributed by atoms with Gasteiger partial charge in [0.05, 0.1) is 0 Å². The van der Waals surface area contributed by atoms with Crippen molar-refractivity contribution >= 4 is 28.2 Å². The zero-order valence-electron chi connectivity index (χ0n) is 16.5. The summed E-state index contributed by atoms with van der Waals surface area (Å²) in [6.45, 7) is 6.97. The minimum Gasteiger partial charge on any atom is -0.363 e. The van der Waals surface area contributed by atoms with Gasteiger partial charge < -0.3 is 14.8 Å². The first-order chi connectivity index (χ1) is 14.7. The Morgan fingerprint density at radius 2 is 1.93 bits per heavy atom. The van der Waals surface area contributed by atoms with Crippen LogP contribution in [0.25, 0.3) is 16.5 Å². The average molecular weight is 398 g/mol. The summed E-state index contributed by atoms with van der Waals surface area (Å²) in [6, 6.07) is 17.6. The lowest BCUT2D eigenvalue weighted by Gasteiger charge is -2.27. The summed E-state index contributed by atoms with van der Waals surface area (Å²) in [5, 5.41) is 7.73. The van der Waals surface area contributed by atoms with Crippen molar-refractivity contribution in [3.05, 3.63) is 89.8 Å². The van der Waals surface area contributed by atoms with Crippen molar-refractivity contribution in [3.63, 3.8) is 0 Å². The molecule has 0 unspecified atom stereocenters. The minimum absolute atomic E-state index is 0.219. The maximum absolute atomic E-state index is 12.3. The molecule has 0 fully saturated rings. The summed E-state index contributed by atoms with van der Waals surface area (Å²) in [7, 11) is 0. The fraction of sp³-hybridized carbons (Fsp3) is 0.167. The van der Waals surface area contributed by atoms with Crippen LogP contribution in [0.15, 0.2) is 72.0 Å². The Hall–Kier alpha value is -3.64. The number of nitrogens with one attached hydrogen (secondary N) is 2. The lowest BCUT2D eigenvalue weighted by atomic mass is 10.0. The van der Waals surface area contributed by atoms with Crippen molar-refractivity contribution in [2.24, 2.45) is 0 Å². The van der Waals surface area contributed by atoms with Crippen LogP contribution in [0.5, 0.6) is 0 Å². The van der Waals surface area contributed by atoms with Gasteiger partial charge in [-0.2, -0.15) is 0 Å². The fourth-order valence-electron chi connectivity index (χ4n) is 4.07. The molecule has 150 valence electrons. The van der Waals surface area contributed by atoms with Crippen LogP contribution in [0.1, 0.15) is 27.2 Å². The van der Waals surface area contributed by atoms with E-state index in [1.54, 1.807) is 6.07 Å². The van der Waals surface area contributed by atoms with E-state index in [9.17, 15) is 4.79 Å². The van der Waals surface area contributed by atoms with Crippen LogP contribution in [0, 0.1) is 0 Å². The van der Waals surface area contributed by atoms with Gasteiger partial charge in [0, 0.05) is 47.9 Å².